The lowest BCUT2D eigenvalue weighted by Crippen LogP contribution is -2.37. The van der Waals surface area contributed by atoms with E-state index in [1.807, 2.05) is 20.8 Å². The minimum Gasteiger partial charge on any atom is -0.443 e. The first-order valence-corrected chi connectivity index (χ1v) is 8.47. The fraction of sp³-hybridized carbons (Fsp3) is 0.529. The first kappa shape index (κ1) is 14.0. The second-order valence-corrected chi connectivity index (χ2v) is 8.36. The molecule has 0 radical (unpaired) electrons. The number of nitrogens with zero attached hydrogens (tertiary/aromatic N) is 1. The second kappa shape index (κ2) is 4.02. The van der Waals surface area contributed by atoms with E-state index in [1.54, 1.807) is 11.0 Å². The van der Waals surface area contributed by atoms with Crippen LogP contribution >= 0.6 is 11.3 Å². The maximum Gasteiger partial charge on any atom is 0.414 e. The number of hydrogen-bond donors (Lipinski definition) is 0. The molecule has 2 atom stereocenters. The molecule has 3 aliphatic rings. The van der Waals surface area contributed by atoms with Gasteiger partial charge in [-0.3, -0.25) is 9.69 Å². The maximum absolute atomic E-state index is 12.5. The number of fused-ring (bicyclic) bond motifs is 1. The van der Waals surface area contributed by atoms with Gasteiger partial charge in [-0.15, -0.1) is 11.3 Å². The molecule has 5 heteroatoms. The molecule has 4 rings (SSSR count). The number of likely N-dealkylation sites (tertiary alicyclic amines) is 1. The molecule has 0 N–H and O–H groups in total. The highest BCUT2D eigenvalue weighted by Gasteiger charge is 2.68. The lowest BCUT2D eigenvalue weighted by Gasteiger charge is -2.30. The van der Waals surface area contributed by atoms with Gasteiger partial charge in [-0.05, 0) is 56.5 Å². The molecule has 1 aromatic rings. The van der Waals surface area contributed by atoms with Gasteiger partial charge in [-0.25, -0.2) is 4.79 Å². The van der Waals surface area contributed by atoms with E-state index in [4.69, 9.17) is 4.74 Å². The summed E-state index contributed by atoms with van der Waals surface area (Å²) < 4.78 is 5.51. The van der Waals surface area contributed by atoms with Crippen molar-refractivity contribution in [2.45, 2.75) is 45.1 Å². The van der Waals surface area contributed by atoms with Gasteiger partial charge in [-0.2, -0.15) is 0 Å². The molecule has 0 bridgehead atoms. The predicted molar refractivity (Wildman–Crippen MR) is 84.2 cm³/mol. The summed E-state index contributed by atoms with van der Waals surface area (Å²) in [6.45, 7) is 8.30. The van der Waals surface area contributed by atoms with Crippen molar-refractivity contribution in [3.63, 3.8) is 0 Å². The summed E-state index contributed by atoms with van der Waals surface area (Å²) in [4.78, 5) is 27.4. The summed E-state index contributed by atoms with van der Waals surface area (Å²) in [5.74, 6) is 0.446. The minimum absolute atomic E-state index is 0.0230. The van der Waals surface area contributed by atoms with Crippen molar-refractivity contribution in [2.75, 3.05) is 6.54 Å². The number of carbonyl (C=O) groups is 2. The molecule has 2 heterocycles. The van der Waals surface area contributed by atoms with Gasteiger partial charge in [0.25, 0.3) is 0 Å². The number of aryl methyl sites for hydroxylation is 1. The smallest absolute Gasteiger partial charge is 0.414 e. The highest BCUT2D eigenvalue weighted by atomic mass is 32.1. The second-order valence-electron chi connectivity index (χ2n) is 7.48. The minimum atomic E-state index is -0.528. The Bertz CT molecular complexity index is 740. The zero-order chi connectivity index (χ0) is 15.9. The van der Waals surface area contributed by atoms with Gasteiger partial charge in [0, 0.05) is 23.7 Å². The van der Waals surface area contributed by atoms with Crippen LogP contribution in [0.4, 0.5) is 4.79 Å². The van der Waals surface area contributed by atoms with Crippen LogP contribution in [0.1, 0.15) is 48.0 Å². The van der Waals surface area contributed by atoms with Crippen LogP contribution in [-0.2, 0) is 10.2 Å². The number of ketones is 1. The molecule has 2 aliphatic carbocycles. The summed E-state index contributed by atoms with van der Waals surface area (Å²) in [6.07, 6.45) is 2.36. The molecule has 2 fully saturated rings. The van der Waals surface area contributed by atoms with Crippen LogP contribution < -0.4 is 0 Å². The third kappa shape index (κ3) is 1.69. The number of carbonyl (C=O) groups excluding carboxylic acids is 2. The van der Waals surface area contributed by atoms with E-state index in [2.05, 4.69) is 12.3 Å². The Hall–Kier alpha value is -1.62. The van der Waals surface area contributed by atoms with E-state index < -0.39 is 5.60 Å². The first-order valence-electron chi connectivity index (χ1n) is 7.59. The average Bonchev–Trinajstić information content (AvgIpc) is 2.78. The maximum atomic E-state index is 12.5. The van der Waals surface area contributed by atoms with Gasteiger partial charge in [-0.1, -0.05) is 0 Å². The lowest BCUT2D eigenvalue weighted by atomic mass is 9.84. The number of amides is 1. The number of hydrogen-bond acceptors (Lipinski definition) is 4. The molecule has 1 aliphatic heterocycles. The van der Waals surface area contributed by atoms with Gasteiger partial charge >= 0.3 is 6.09 Å². The molecule has 1 amide bonds. The fourth-order valence-electron chi connectivity index (χ4n) is 3.92. The number of allylic oxidation sites excluding steroid dienone is 2. The monoisotopic (exact) mass is 317 g/mol. The Morgan fingerprint density at radius 1 is 1.45 bits per heavy atom. The molecule has 1 spiro atoms. The van der Waals surface area contributed by atoms with Crippen molar-refractivity contribution in [1.82, 2.24) is 4.90 Å². The third-order valence-electron chi connectivity index (χ3n) is 4.78. The molecule has 22 heavy (non-hydrogen) atoms. The van der Waals surface area contributed by atoms with Gasteiger partial charge in [0.2, 0.25) is 0 Å². The molecule has 4 nitrogen and oxygen atoms in total. The van der Waals surface area contributed by atoms with Crippen molar-refractivity contribution in [3.8, 4) is 0 Å². The highest BCUT2D eigenvalue weighted by molar-refractivity contribution is 7.12. The quantitative estimate of drug-likeness (QED) is 0.734. The van der Waals surface area contributed by atoms with Gasteiger partial charge in [0.15, 0.2) is 5.78 Å². The Morgan fingerprint density at radius 3 is 2.86 bits per heavy atom. The molecular weight excluding hydrogens is 298 g/mol. The number of thiophene rings is 1. The molecular formula is C17H19NO3S. The Labute approximate surface area is 133 Å². The summed E-state index contributed by atoms with van der Waals surface area (Å²) in [7, 11) is 0. The van der Waals surface area contributed by atoms with Crippen molar-refractivity contribution in [2.24, 2.45) is 5.92 Å². The van der Waals surface area contributed by atoms with Crippen LogP contribution in [-0.4, -0.2) is 28.9 Å². The molecule has 116 valence electrons. The van der Waals surface area contributed by atoms with Crippen molar-refractivity contribution < 1.29 is 14.3 Å². The van der Waals surface area contributed by atoms with Crippen molar-refractivity contribution >= 4 is 23.2 Å². The molecule has 1 saturated carbocycles. The Morgan fingerprint density at radius 2 is 2.18 bits per heavy atom. The molecule has 0 unspecified atom stereocenters. The van der Waals surface area contributed by atoms with Crippen molar-refractivity contribution in [3.05, 3.63) is 33.2 Å². The highest BCUT2D eigenvalue weighted by Crippen LogP contribution is 2.67. The zero-order valence-corrected chi connectivity index (χ0v) is 14.0. The van der Waals surface area contributed by atoms with Crippen LogP contribution in [0.3, 0.4) is 0 Å². The summed E-state index contributed by atoms with van der Waals surface area (Å²) in [6, 6.07) is 0. The number of piperidine rings is 1. The van der Waals surface area contributed by atoms with E-state index >= 15 is 0 Å². The van der Waals surface area contributed by atoms with Crippen LogP contribution in [0, 0.1) is 12.8 Å². The fourth-order valence-corrected chi connectivity index (χ4v) is 4.97. The summed E-state index contributed by atoms with van der Waals surface area (Å²) >= 11 is 1.53. The Balaban J connectivity index is 1.75. The molecule has 1 aromatic heterocycles. The molecule has 1 saturated heterocycles. The van der Waals surface area contributed by atoms with E-state index in [-0.39, 0.29) is 17.3 Å². The lowest BCUT2D eigenvalue weighted by molar-refractivity contribution is 0.0322. The van der Waals surface area contributed by atoms with Crippen LogP contribution in [0.5, 0.6) is 0 Å². The standard InChI is InChI=1S/C17H19NO3S/c1-9-8-22-14-11(19)5-12-17(13(9)14)6-10(17)7-18(12)15(20)21-16(2,3)4/h5,8,10H,6-7H2,1-4H3/t10-,17+/m1/s1. The Kier molecular flexibility index (Phi) is 2.56. The van der Waals surface area contributed by atoms with Gasteiger partial charge in [0.1, 0.15) is 5.60 Å². The number of ether oxygens (including phenoxy) is 1. The number of rotatable bonds is 0. The van der Waals surface area contributed by atoms with E-state index in [9.17, 15) is 9.59 Å². The van der Waals surface area contributed by atoms with Gasteiger partial charge in [0.05, 0.1) is 4.88 Å². The van der Waals surface area contributed by atoms with Crippen LogP contribution in [0.15, 0.2) is 17.2 Å². The largest absolute Gasteiger partial charge is 0.443 e. The average molecular weight is 317 g/mol. The van der Waals surface area contributed by atoms with Crippen molar-refractivity contribution in [1.29, 1.82) is 0 Å². The van der Waals surface area contributed by atoms with E-state index in [0.717, 1.165) is 22.6 Å². The van der Waals surface area contributed by atoms with E-state index in [1.165, 1.54) is 16.9 Å². The summed E-state index contributed by atoms with van der Waals surface area (Å²) in [5, 5.41) is 2.06. The third-order valence-corrected chi connectivity index (χ3v) is 5.89. The van der Waals surface area contributed by atoms with Crippen LogP contribution in [0.2, 0.25) is 0 Å². The normalized spacial score (nSPS) is 28.7. The SMILES string of the molecule is Cc1csc2c1[C@@]13C[C@@H]1CN(C(=O)OC(C)(C)C)C3=CC2=O. The van der Waals surface area contributed by atoms with Crippen LogP contribution in [0.25, 0.3) is 0 Å². The molecule has 0 aromatic carbocycles. The summed E-state index contributed by atoms with van der Waals surface area (Å²) in [5.41, 5.74) is 2.55. The zero-order valence-electron chi connectivity index (χ0n) is 13.2. The first-order chi connectivity index (χ1) is 10.2. The topological polar surface area (TPSA) is 46.6 Å². The predicted octanol–water partition coefficient (Wildman–Crippen LogP) is 3.65. The van der Waals surface area contributed by atoms with Gasteiger partial charge < -0.3 is 4.74 Å². The van der Waals surface area contributed by atoms with E-state index in [0.29, 0.717) is 12.5 Å².